The van der Waals surface area contributed by atoms with Crippen molar-refractivity contribution in [2.24, 2.45) is 0 Å². The molecule has 59 heavy (non-hydrogen) atoms. The molecule has 0 aliphatic carbocycles. The maximum absolute atomic E-state index is 13.2. The lowest BCUT2D eigenvalue weighted by molar-refractivity contribution is -0.277. The van der Waals surface area contributed by atoms with E-state index in [4.69, 9.17) is 33.2 Å². The van der Waals surface area contributed by atoms with Crippen LogP contribution >= 0.6 is 0 Å². The first-order valence-corrected chi connectivity index (χ1v) is 18.2. The summed E-state index contributed by atoms with van der Waals surface area (Å²) in [5, 5.41) is 100. The number of aromatic hydroxyl groups is 1. The molecule has 10 atom stereocenters. The summed E-state index contributed by atoms with van der Waals surface area (Å²) in [6.45, 7) is -2.40. The fourth-order valence-corrected chi connectivity index (χ4v) is 5.92. The Bertz CT molecular complexity index is 1720. The van der Waals surface area contributed by atoms with Gasteiger partial charge in [-0.1, -0.05) is 36.4 Å². The van der Waals surface area contributed by atoms with Gasteiger partial charge in [0, 0.05) is 0 Å². The standard InChI is InChI=1S/C39H46O20/c40-15-26-30(45)32(47)34(49)36(58-26)56-24-9-3-21(4-10-24)17-53-28(43)13-39(52,38(51)55-19-20-1-7-23(42)8-2-20)14-29(44)54-18-22-5-11-25(12-6-22)57-37-35(50)33(48)31(46)27(16-41)59-37/h1-12,26-27,30-37,40-42,45-50,52H,13-19H2/t26-,27-,30-,31-,32+,33+,34-,35-,36-,37-/m1/s1. The first-order valence-electron chi connectivity index (χ1n) is 18.2. The Morgan fingerprint density at radius 3 is 1.25 bits per heavy atom. The summed E-state index contributed by atoms with van der Waals surface area (Å²) in [5.41, 5.74) is -1.53. The summed E-state index contributed by atoms with van der Waals surface area (Å²) in [6, 6.07) is 17.1. The predicted octanol–water partition coefficient (Wildman–Crippen LogP) is -2.21. The van der Waals surface area contributed by atoms with E-state index in [1.807, 2.05) is 0 Å². The van der Waals surface area contributed by atoms with Crippen molar-refractivity contribution < 1.29 is 98.6 Å². The number of aliphatic hydroxyl groups excluding tert-OH is 8. The fourth-order valence-electron chi connectivity index (χ4n) is 5.92. The van der Waals surface area contributed by atoms with Gasteiger partial charge in [-0.05, 0) is 53.1 Å². The number of hydrogen-bond donors (Lipinski definition) is 10. The number of phenolic OH excluding ortho intramolecular Hbond substituents is 1. The number of ether oxygens (including phenoxy) is 7. The van der Waals surface area contributed by atoms with E-state index in [9.17, 15) is 65.4 Å². The van der Waals surface area contributed by atoms with Crippen LogP contribution in [0.15, 0.2) is 72.8 Å². The SMILES string of the molecule is O=C(CC(O)(CC(=O)OCc1ccc(O[C@@H]2O[C@H](CO)[C@@H](O)[C@H](O)[C@H]2O)cc1)C(=O)OCc1ccc(O)cc1)OCc1ccc(O[C@@H]2O[C@H](CO)[C@@H](O)[C@H](O)[C@H]2O)cc1. The van der Waals surface area contributed by atoms with Crippen LogP contribution in [0.2, 0.25) is 0 Å². The molecule has 322 valence electrons. The lowest BCUT2D eigenvalue weighted by atomic mass is 9.95. The largest absolute Gasteiger partial charge is 0.508 e. The molecule has 0 radical (unpaired) electrons. The van der Waals surface area contributed by atoms with Gasteiger partial charge in [0.25, 0.3) is 0 Å². The summed E-state index contributed by atoms with van der Waals surface area (Å²) in [4.78, 5) is 39.2. The molecule has 10 N–H and O–H groups in total. The topological polar surface area (TPSA) is 318 Å². The third kappa shape index (κ3) is 11.8. The Morgan fingerprint density at radius 2 is 0.881 bits per heavy atom. The zero-order chi connectivity index (χ0) is 42.9. The molecule has 2 aliphatic heterocycles. The van der Waals surface area contributed by atoms with Crippen LogP contribution in [0.25, 0.3) is 0 Å². The van der Waals surface area contributed by atoms with Crippen molar-refractivity contribution in [1.82, 2.24) is 0 Å². The van der Waals surface area contributed by atoms with E-state index in [1.54, 1.807) is 0 Å². The summed E-state index contributed by atoms with van der Waals surface area (Å²) < 4.78 is 37.5. The summed E-state index contributed by atoms with van der Waals surface area (Å²) in [6.07, 6.45) is -17.0. The molecule has 3 aromatic rings. The second-order valence-electron chi connectivity index (χ2n) is 13.9. The number of carbonyl (C=O) groups excluding carboxylic acids is 3. The first kappa shape index (κ1) is 45.1. The lowest BCUT2D eigenvalue weighted by Gasteiger charge is -2.39. The van der Waals surface area contributed by atoms with Crippen LogP contribution in [0.1, 0.15) is 29.5 Å². The van der Waals surface area contributed by atoms with Crippen LogP contribution < -0.4 is 9.47 Å². The van der Waals surface area contributed by atoms with Gasteiger partial charge >= 0.3 is 17.9 Å². The van der Waals surface area contributed by atoms with Crippen molar-refractivity contribution in [3.8, 4) is 17.2 Å². The molecule has 20 heteroatoms. The van der Waals surface area contributed by atoms with Crippen molar-refractivity contribution in [2.75, 3.05) is 13.2 Å². The average molecular weight is 835 g/mol. The van der Waals surface area contributed by atoms with Gasteiger partial charge in [-0.25, -0.2) is 4.79 Å². The van der Waals surface area contributed by atoms with Crippen molar-refractivity contribution in [2.45, 2.75) is 99.7 Å². The highest BCUT2D eigenvalue weighted by Gasteiger charge is 2.46. The highest BCUT2D eigenvalue weighted by atomic mass is 16.7. The number of aliphatic hydroxyl groups is 9. The Labute approximate surface area is 335 Å². The van der Waals surface area contributed by atoms with Crippen LogP contribution in [0.4, 0.5) is 0 Å². The van der Waals surface area contributed by atoms with Gasteiger partial charge in [0.2, 0.25) is 12.6 Å². The Hall–Kier alpha value is -4.97. The number of hydrogen-bond acceptors (Lipinski definition) is 20. The molecule has 20 nitrogen and oxygen atoms in total. The molecule has 0 unspecified atom stereocenters. The molecule has 2 fully saturated rings. The monoisotopic (exact) mass is 834 g/mol. The Kier molecular flexibility index (Phi) is 15.5. The Balaban J connectivity index is 1.16. The van der Waals surface area contributed by atoms with E-state index in [2.05, 4.69) is 0 Å². The van der Waals surface area contributed by atoms with E-state index >= 15 is 0 Å². The maximum atomic E-state index is 13.2. The highest BCUT2D eigenvalue weighted by Crippen LogP contribution is 2.27. The average Bonchev–Trinajstić information content (AvgIpc) is 3.23. The predicted molar refractivity (Wildman–Crippen MR) is 193 cm³/mol. The summed E-state index contributed by atoms with van der Waals surface area (Å²) >= 11 is 0. The van der Waals surface area contributed by atoms with Crippen LogP contribution in [0, 0.1) is 0 Å². The molecule has 0 spiro atoms. The van der Waals surface area contributed by atoms with Crippen molar-refractivity contribution >= 4 is 17.9 Å². The first-order chi connectivity index (χ1) is 28.1. The molecule has 2 aliphatic rings. The van der Waals surface area contributed by atoms with E-state index < -0.39 is 111 Å². The van der Waals surface area contributed by atoms with Crippen LogP contribution in [0.3, 0.4) is 0 Å². The van der Waals surface area contributed by atoms with Crippen molar-refractivity contribution in [3.05, 3.63) is 89.5 Å². The normalized spacial score (nSPS) is 27.0. The molecule has 5 rings (SSSR count). The van der Waals surface area contributed by atoms with Gasteiger partial charge in [-0.2, -0.15) is 0 Å². The van der Waals surface area contributed by atoms with Gasteiger partial charge in [0.15, 0.2) is 5.60 Å². The minimum atomic E-state index is -2.75. The van der Waals surface area contributed by atoms with Gasteiger partial charge < -0.3 is 84.2 Å². The van der Waals surface area contributed by atoms with E-state index in [1.165, 1.54) is 72.8 Å². The van der Waals surface area contributed by atoms with E-state index in [-0.39, 0.29) is 37.1 Å². The number of benzene rings is 3. The smallest absolute Gasteiger partial charge is 0.339 e. The number of rotatable bonds is 17. The van der Waals surface area contributed by atoms with E-state index in [0.29, 0.717) is 16.7 Å². The molecule has 0 amide bonds. The van der Waals surface area contributed by atoms with Gasteiger partial charge in [-0.15, -0.1) is 0 Å². The third-order valence-electron chi connectivity index (χ3n) is 9.41. The lowest BCUT2D eigenvalue weighted by Crippen LogP contribution is -2.60. The molecule has 0 aromatic heterocycles. The highest BCUT2D eigenvalue weighted by molar-refractivity contribution is 5.90. The molecular formula is C39H46O20. The van der Waals surface area contributed by atoms with Gasteiger partial charge in [0.1, 0.15) is 85.9 Å². The van der Waals surface area contributed by atoms with E-state index in [0.717, 1.165) is 0 Å². The number of carbonyl (C=O) groups is 3. The van der Waals surface area contributed by atoms with Crippen LogP contribution in [0.5, 0.6) is 17.2 Å². The summed E-state index contributed by atoms with van der Waals surface area (Å²) in [7, 11) is 0. The number of phenols is 1. The van der Waals surface area contributed by atoms with Crippen LogP contribution in [-0.2, 0) is 57.9 Å². The summed E-state index contributed by atoms with van der Waals surface area (Å²) in [5.74, 6) is -3.30. The van der Waals surface area contributed by atoms with Crippen molar-refractivity contribution in [1.29, 1.82) is 0 Å². The molecule has 0 bridgehead atoms. The molecule has 3 aromatic carbocycles. The minimum Gasteiger partial charge on any atom is -0.508 e. The molecular weight excluding hydrogens is 788 g/mol. The molecule has 2 saturated heterocycles. The van der Waals surface area contributed by atoms with Crippen LogP contribution in [-0.4, -0.2) is 149 Å². The second kappa shape index (κ2) is 20.3. The fraction of sp³-hybridized carbons (Fsp3) is 0.462. The zero-order valence-corrected chi connectivity index (χ0v) is 31.2. The maximum Gasteiger partial charge on any atom is 0.339 e. The van der Waals surface area contributed by atoms with Gasteiger partial charge in [-0.3, -0.25) is 9.59 Å². The van der Waals surface area contributed by atoms with Gasteiger partial charge in [0.05, 0.1) is 26.1 Å². The second-order valence-corrected chi connectivity index (χ2v) is 13.9. The molecule has 2 heterocycles. The van der Waals surface area contributed by atoms with Crippen molar-refractivity contribution in [3.63, 3.8) is 0 Å². The number of esters is 3. The Morgan fingerprint density at radius 1 is 0.525 bits per heavy atom. The minimum absolute atomic E-state index is 0.0472. The zero-order valence-electron chi connectivity index (χ0n) is 31.2. The molecule has 0 saturated carbocycles. The quantitative estimate of drug-likeness (QED) is 0.0509. The third-order valence-corrected chi connectivity index (χ3v) is 9.41.